The second-order valence-electron chi connectivity index (χ2n) is 4.06. The maximum absolute atomic E-state index is 11.5. The van der Waals surface area contributed by atoms with Crippen molar-refractivity contribution in [3.8, 4) is 0 Å². The number of carbonyl (C=O) groups is 1. The van der Waals surface area contributed by atoms with Crippen LogP contribution in [0.25, 0.3) is 0 Å². The fraction of sp³-hybridized carbons (Fsp3) is 0.909. The maximum atomic E-state index is 11.5. The van der Waals surface area contributed by atoms with Crippen LogP contribution in [0.15, 0.2) is 0 Å². The quantitative estimate of drug-likeness (QED) is 0.670. The van der Waals surface area contributed by atoms with Crippen LogP contribution in [0.5, 0.6) is 0 Å². The van der Waals surface area contributed by atoms with Crippen molar-refractivity contribution in [1.29, 1.82) is 0 Å². The molecule has 0 N–H and O–H groups in total. The Morgan fingerprint density at radius 2 is 1.92 bits per heavy atom. The summed E-state index contributed by atoms with van der Waals surface area (Å²) in [6.07, 6.45) is 4.57. The van der Waals surface area contributed by atoms with E-state index in [9.17, 15) is 4.79 Å². The van der Waals surface area contributed by atoms with Crippen molar-refractivity contribution in [3.63, 3.8) is 0 Å². The third-order valence-corrected chi connectivity index (χ3v) is 2.92. The molecule has 2 nitrogen and oxygen atoms in total. The second kappa shape index (κ2) is 5.38. The van der Waals surface area contributed by atoms with Gasteiger partial charge < -0.3 is 4.74 Å². The highest BCUT2D eigenvalue weighted by atomic mass is 16.5. The summed E-state index contributed by atoms with van der Waals surface area (Å²) < 4.78 is 5.13. The molecule has 0 spiro atoms. The molecule has 0 atom stereocenters. The summed E-state index contributed by atoms with van der Waals surface area (Å²) in [7, 11) is 0. The van der Waals surface area contributed by atoms with Crippen molar-refractivity contribution < 1.29 is 9.53 Å². The van der Waals surface area contributed by atoms with Gasteiger partial charge in [-0.3, -0.25) is 4.79 Å². The molecule has 0 radical (unpaired) electrons. The van der Waals surface area contributed by atoms with E-state index in [2.05, 4.69) is 6.92 Å². The van der Waals surface area contributed by atoms with Crippen molar-refractivity contribution in [2.75, 3.05) is 13.2 Å². The lowest BCUT2D eigenvalue weighted by atomic mass is 9.81. The summed E-state index contributed by atoms with van der Waals surface area (Å²) >= 11 is 0. The number of ether oxygens (including phenoxy) is 1. The first kappa shape index (κ1) is 10.7. The fourth-order valence-corrected chi connectivity index (χ4v) is 1.90. The molecule has 0 bridgehead atoms. The summed E-state index contributed by atoms with van der Waals surface area (Å²) in [6.45, 7) is 5.17. The van der Waals surface area contributed by atoms with Gasteiger partial charge in [-0.1, -0.05) is 19.8 Å². The third-order valence-electron chi connectivity index (χ3n) is 2.92. The van der Waals surface area contributed by atoms with Crippen LogP contribution in [0.3, 0.4) is 0 Å². The molecule has 0 saturated heterocycles. The lowest BCUT2D eigenvalue weighted by Crippen LogP contribution is -2.24. The molecule has 0 unspecified atom stereocenters. The van der Waals surface area contributed by atoms with E-state index in [1.165, 1.54) is 12.8 Å². The predicted molar refractivity (Wildman–Crippen MR) is 52.6 cm³/mol. The van der Waals surface area contributed by atoms with E-state index in [0.717, 1.165) is 18.8 Å². The smallest absolute Gasteiger partial charge is 0.161 e. The Kier molecular flexibility index (Phi) is 4.43. The van der Waals surface area contributed by atoms with Crippen LogP contribution in [0.4, 0.5) is 0 Å². The summed E-state index contributed by atoms with van der Waals surface area (Å²) in [6, 6.07) is 0. The predicted octanol–water partition coefficient (Wildman–Crippen LogP) is 2.42. The lowest BCUT2D eigenvalue weighted by molar-refractivity contribution is -0.128. The number of hydrogen-bond donors (Lipinski definition) is 0. The van der Waals surface area contributed by atoms with Gasteiger partial charge in [-0.25, -0.2) is 0 Å². The van der Waals surface area contributed by atoms with Gasteiger partial charge in [0.2, 0.25) is 0 Å². The summed E-state index contributed by atoms with van der Waals surface area (Å²) in [4.78, 5) is 11.5. The zero-order chi connectivity index (χ0) is 9.68. The maximum Gasteiger partial charge on any atom is 0.161 e. The molecule has 0 aromatic rings. The molecule has 1 saturated carbocycles. The van der Waals surface area contributed by atoms with Crippen molar-refractivity contribution in [2.24, 2.45) is 11.8 Å². The Bertz CT molecular complexity index is 157. The third kappa shape index (κ3) is 3.47. The average molecular weight is 184 g/mol. The van der Waals surface area contributed by atoms with Gasteiger partial charge in [-0.2, -0.15) is 0 Å². The SMILES string of the molecule is CCOCC(=O)C1CCC(C)CC1. The van der Waals surface area contributed by atoms with E-state index in [1.54, 1.807) is 0 Å². The molecule has 0 aromatic heterocycles. The number of carbonyl (C=O) groups excluding carboxylic acids is 1. The van der Waals surface area contributed by atoms with E-state index in [1.807, 2.05) is 6.92 Å². The normalized spacial score (nSPS) is 28.8. The highest BCUT2D eigenvalue weighted by Crippen LogP contribution is 2.28. The molecule has 0 heterocycles. The highest BCUT2D eigenvalue weighted by Gasteiger charge is 2.23. The molecule has 1 aliphatic rings. The molecule has 0 aromatic carbocycles. The van der Waals surface area contributed by atoms with Crippen LogP contribution in [0.2, 0.25) is 0 Å². The molecular formula is C11H20O2. The van der Waals surface area contributed by atoms with Gasteiger partial charge in [-0.05, 0) is 25.7 Å². The van der Waals surface area contributed by atoms with Crippen LogP contribution in [0, 0.1) is 11.8 Å². The lowest BCUT2D eigenvalue weighted by Gasteiger charge is -2.24. The fourth-order valence-electron chi connectivity index (χ4n) is 1.90. The van der Waals surface area contributed by atoms with E-state index in [-0.39, 0.29) is 0 Å². The van der Waals surface area contributed by atoms with Crippen molar-refractivity contribution in [2.45, 2.75) is 39.5 Å². The van der Waals surface area contributed by atoms with Gasteiger partial charge in [0.05, 0.1) is 0 Å². The Balaban J connectivity index is 2.23. The van der Waals surface area contributed by atoms with Crippen LogP contribution in [0.1, 0.15) is 39.5 Å². The standard InChI is InChI=1S/C11H20O2/c1-3-13-8-11(12)10-6-4-9(2)5-7-10/h9-10H,3-8H2,1-2H3. The zero-order valence-electron chi connectivity index (χ0n) is 8.71. The highest BCUT2D eigenvalue weighted by molar-refractivity contribution is 5.82. The Morgan fingerprint density at radius 1 is 1.31 bits per heavy atom. The minimum absolute atomic E-state index is 0.294. The van der Waals surface area contributed by atoms with E-state index in [4.69, 9.17) is 4.74 Å². The zero-order valence-corrected chi connectivity index (χ0v) is 8.71. The molecule has 76 valence electrons. The molecule has 13 heavy (non-hydrogen) atoms. The van der Waals surface area contributed by atoms with Crippen LogP contribution < -0.4 is 0 Å². The average Bonchev–Trinajstić information content (AvgIpc) is 2.15. The molecule has 1 fully saturated rings. The van der Waals surface area contributed by atoms with E-state index >= 15 is 0 Å². The van der Waals surface area contributed by atoms with Crippen molar-refractivity contribution >= 4 is 5.78 Å². The van der Waals surface area contributed by atoms with Gasteiger partial charge in [-0.15, -0.1) is 0 Å². The topological polar surface area (TPSA) is 26.3 Å². The van der Waals surface area contributed by atoms with Crippen molar-refractivity contribution in [1.82, 2.24) is 0 Å². The summed E-state index contributed by atoms with van der Waals surface area (Å²) in [5.41, 5.74) is 0. The first-order valence-electron chi connectivity index (χ1n) is 5.34. The van der Waals surface area contributed by atoms with Gasteiger partial charge in [0.25, 0.3) is 0 Å². The largest absolute Gasteiger partial charge is 0.374 e. The molecule has 2 heteroatoms. The van der Waals surface area contributed by atoms with Gasteiger partial charge in [0, 0.05) is 12.5 Å². The molecular weight excluding hydrogens is 164 g/mol. The minimum atomic E-state index is 0.294. The molecule has 1 aliphatic carbocycles. The van der Waals surface area contributed by atoms with E-state index in [0.29, 0.717) is 24.9 Å². The Labute approximate surface area is 80.7 Å². The van der Waals surface area contributed by atoms with Crippen molar-refractivity contribution in [3.05, 3.63) is 0 Å². The van der Waals surface area contributed by atoms with Gasteiger partial charge in [0.15, 0.2) is 5.78 Å². The first-order valence-corrected chi connectivity index (χ1v) is 5.34. The number of rotatable bonds is 4. The second-order valence-corrected chi connectivity index (χ2v) is 4.06. The van der Waals surface area contributed by atoms with Crippen LogP contribution in [-0.4, -0.2) is 19.0 Å². The minimum Gasteiger partial charge on any atom is -0.374 e. The Morgan fingerprint density at radius 3 is 2.46 bits per heavy atom. The summed E-state index contributed by atoms with van der Waals surface area (Å²) in [5.74, 6) is 1.42. The number of ketones is 1. The molecule has 0 amide bonds. The van der Waals surface area contributed by atoms with Crippen LogP contribution >= 0.6 is 0 Å². The Hall–Kier alpha value is -0.370. The van der Waals surface area contributed by atoms with E-state index < -0.39 is 0 Å². The summed E-state index contributed by atoms with van der Waals surface area (Å²) in [5, 5.41) is 0. The first-order chi connectivity index (χ1) is 6.24. The monoisotopic (exact) mass is 184 g/mol. The van der Waals surface area contributed by atoms with Crippen LogP contribution in [-0.2, 0) is 9.53 Å². The van der Waals surface area contributed by atoms with Gasteiger partial charge in [0.1, 0.15) is 6.61 Å². The molecule has 0 aliphatic heterocycles. The molecule has 1 rings (SSSR count). The number of Topliss-reactive ketones (excluding diaryl/α,β-unsaturated/α-hetero) is 1. The van der Waals surface area contributed by atoms with Gasteiger partial charge >= 0.3 is 0 Å². The number of hydrogen-bond acceptors (Lipinski definition) is 2.